The Morgan fingerprint density at radius 3 is 2.24 bits per heavy atom. The minimum absolute atomic E-state index is 0.00248. The summed E-state index contributed by atoms with van der Waals surface area (Å²) in [5.41, 5.74) is 2.16. The number of rotatable bonds is 9. The fourth-order valence-corrected chi connectivity index (χ4v) is 5.82. The van der Waals surface area contributed by atoms with Gasteiger partial charge in [-0.25, -0.2) is 14.8 Å². The Morgan fingerprint density at radius 1 is 1.02 bits per heavy atom. The molecule has 1 atom stereocenters. The second-order valence-electron chi connectivity index (χ2n) is 11.3. The normalized spacial score (nSPS) is 15.6. The number of nitrogens with zero attached hydrogens (tertiary/aromatic N) is 4. The Labute approximate surface area is 252 Å². The summed E-state index contributed by atoms with van der Waals surface area (Å²) in [6.45, 7) is 10.3. The van der Waals surface area contributed by atoms with Crippen LogP contribution in [0, 0.1) is 0 Å². The zero-order valence-electron chi connectivity index (χ0n) is 24.1. The van der Waals surface area contributed by atoms with Gasteiger partial charge in [-0.2, -0.15) is 0 Å². The molecule has 2 heterocycles. The fraction of sp³-hybridized carbons (Fsp3) is 0.419. The molecule has 2 N–H and O–H groups in total. The molecule has 4 rings (SSSR count). The first kappa shape index (κ1) is 30.7. The largest absolute Gasteiger partial charge is 0.355 e. The van der Waals surface area contributed by atoms with E-state index >= 15 is 0 Å². The molecule has 8 nitrogen and oxygen atoms in total. The first-order valence-electron chi connectivity index (χ1n) is 14.0. The van der Waals surface area contributed by atoms with Crippen LogP contribution in [0.4, 0.5) is 10.6 Å². The van der Waals surface area contributed by atoms with Gasteiger partial charge in [-0.3, -0.25) is 4.79 Å². The average molecular weight is 595 g/mol. The van der Waals surface area contributed by atoms with Crippen LogP contribution in [0.25, 0.3) is 0 Å². The summed E-state index contributed by atoms with van der Waals surface area (Å²) in [7, 11) is 0. The summed E-state index contributed by atoms with van der Waals surface area (Å²) in [6, 6.07) is 22.4. The van der Waals surface area contributed by atoms with Crippen molar-refractivity contribution in [3.8, 4) is 0 Å². The molecule has 1 aliphatic rings. The second-order valence-corrected chi connectivity index (χ2v) is 12.6. The number of anilines is 1. The molecule has 0 bridgehead atoms. The maximum Gasteiger partial charge on any atom is 0.318 e. The minimum Gasteiger partial charge on any atom is -0.355 e. The van der Waals surface area contributed by atoms with Gasteiger partial charge in [0.05, 0.1) is 5.75 Å². The van der Waals surface area contributed by atoms with E-state index in [0.717, 1.165) is 6.42 Å². The maximum atomic E-state index is 12.7. The number of benzene rings is 2. The Kier molecular flexibility index (Phi) is 10.5. The molecule has 0 radical (unpaired) electrons. The van der Waals surface area contributed by atoms with E-state index in [4.69, 9.17) is 11.6 Å². The van der Waals surface area contributed by atoms with E-state index in [1.54, 1.807) is 6.07 Å². The molecule has 1 unspecified atom stereocenters. The highest BCUT2D eigenvalue weighted by Crippen LogP contribution is 2.28. The van der Waals surface area contributed by atoms with Gasteiger partial charge in [0.25, 0.3) is 0 Å². The predicted molar refractivity (Wildman–Crippen MR) is 167 cm³/mol. The molecule has 1 aliphatic heterocycles. The van der Waals surface area contributed by atoms with Crippen molar-refractivity contribution < 1.29 is 9.59 Å². The maximum absolute atomic E-state index is 12.7. The quantitative estimate of drug-likeness (QED) is 0.191. The standard InChI is InChI=1S/C31H39ClN6O2S/c1-22-20-37(17-18-38(22)30(40)36-31(2,3)4)27-19-26(32)34-29(35-27)41-21-28(39)33-16-15-25(23-11-7-5-8-12-23)24-13-9-6-10-14-24/h5-14,19,22,25H,15-18,20-21H2,1-4H3,(H,33,39)(H,36,40). The second kappa shape index (κ2) is 14.0. The number of carbonyl (C=O) groups excluding carboxylic acids is 2. The number of aromatic nitrogens is 2. The SMILES string of the molecule is CC1CN(c2cc(Cl)nc(SCC(=O)NCCC(c3ccccc3)c3ccccc3)n2)CCN1C(=O)NC(C)(C)C. The molecule has 0 aliphatic carbocycles. The van der Waals surface area contributed by atoms with Crippen LogP contribution in [0.5, 0.6) is 0 Å². The van der Waals surface area contributed by atoms with Crippen LogP contribution >= 0.6 is 23.4 Å². The number of hydrogen-bond donors (Lipinski definition) is 2. The van der Waals surface area contributed by atoms with Crippen LogP contribution in [0.1, 0.15) is 51.2 Å². The van der Waals surface area contributed by atoms with Gasteiger partial charge in [-0.15, -0.1) is 0 Å². The smallest absolute Gasteiger partial charge is 0.318 e. The Hall–Kier alpha value is -3.30. The lowest BCUT2D eigenvalue weighted by Gasteiger charge is -2.41. The molecule has 0 saturated carbocycles. The molecule has 3 aromatic rings. The van der Waals surface area contributed by atoms with E-state index in [2.05, 4.69) is 49.8 Å². The van der Waals surface area contributed by atoms with E-state index < -0.39 is 0 Å². The van der Waals surface area contributed by atoms with Crippen LogP contribution in [-0.4, -0.2) is 70.3 Å². The topological polar surface area (TPSA) is 90.5 Å². The number of hydrogen-bond acceptors (Lipinski definition) is 6. The number of carbonyl (C=O) groups is 2. The Morgan fingerprint density at radius 2 is 1.66 bits per heavy atom. The third-order valence-electron chi connectivity index (χ3n) is 6.85. The summed E-state index contributed by atoms with van der Waals surface area (Å²) < 4.78 is 0. The van der Waals surface area contributed by atoms with Crippen LogP contribution in [-0.2, 0) is 4.79 Å². The molecule has 3 amide bonds. The summed E-state index contributed by atoms with van der Waals surface area (Å²) in [5, 5.41) is 6.87. The van der Waals surface area contributed by atoms with Crippen molar-refractivity contribution in [1.82, 2.24) is 25.5 Å². The highest BCUT2D eigenvalue weighted by molar-refractivity contribution is 7.99. The van der Waals surface area contributed by atoms with Crippen LogP contribution < -0.4 is 15.5 Å². The molecular weight excluding hydrogens is 556 g/mol. The first-order valence-corrected chi connectivity index (χ1v) is 15.3. The van der Waals surface area contributed by atoms with Gasteiger partial charge in [0.15, 0.2) is 5.16 Å². The predicted octanol–water partition coefficient (Wildman–Crippen LogP) is 5.58. The minimum atomic E-state index is -0.294. The average Bonchev–Trinajstić information content (AvgIpc) is 2.94. The van der Waals surface area contributed by atoms with E-state index in [9.17, 15) is 9.59 Å². The van der Waals surface area contributed by atoms with Crippen LogP contribution in [0.15, 0.2) is 71.9 Å². The van der Waals surface area contributed by atoms with Crippen LogP contribution in [0.3, 0.4) is 0 Å². The van der Waals surface area contributed by atoms with Crippen molar-refractivity contribution in [2.45, 2.75) is 56.8 Å². The van der Waals surface area contributed by atoms with Gasteiger partial charge in [-0.1, -0.05) is 84.0 Å². The molecule has 1 aromatic heterocycles. The number of piperazine rings is 1. The summed E-state index contributed by atoms with van der Waals surface area (Å²) >= 11 is 7.61. The number of thioether (sulfide) groups is 1. The number of amides is 3. The Bertz CT molecular complexity index is 1270. The first-order chi connectivity index (χ1) is 19.6. The lowest BCUT2D eigenvalue weighted by atomic mass is 9.88. The van der Waals surface area contributed by atoms with Gasteiger partial charge in [-0.05, 0) is 45.2 Å². The van der Waals surface area contributed by atoms with E-state index in [-0.39, 0.29) is 35.2 Å². The monoisotopic (exact) mass is 594 g/mol. The zero-order valence-corrected chi connectivity index (χ0v) is 25.7. The highest BCUT2D eigenvalue weighted by Gasteiger charge is 2.30. The molecule has 10 heteroatoms. The molecule has 0 spiro atoms. The van der Waals surface area contributed by atoms with E-state index in [1.165, 1.54) is 22.9 Å². The van der Waals surface area contributed by atoms with Crippen molar-refractivity contribution in [3.05, 3.63) is 83.0 Å². The van der Waals surface area contributed by atoms with Crippen molar-refractivity contribution in [2.24, 2.45) is 0 Å². The van der Waals surface area contributed by atoms with Crippen molar-refractivity contribution >= 4 is 41.1 Å². The molecule has 1 fully saturated rings. The number of urea groups is 1. The third kappa shape index (κ3) is 9.10. The van der Waals surface area contributed by atoms with Crippen molar-refractivity contribution in [2.75, 3.05) is 36.8 Å². The fourth-order valence-electron chi connectivity index (χ4n) is 4.91. The molecular formula is C31H39ClN6O2S. The lowest BCUT2D eigenvalue weighted by Crippen LogP contribution is -2.59. The summed E-state index contributed by atoms with van der Waals surface area (Å²) in [6.07, 6.45) is 0.792. The molecule has 1 saturated heterocycles. The number of halogens is 1. The van der Waals surface area contributed by atoms with E-state index in [1.807, 2.05) is 69.0 Å². The van der Waals surface area contributed by atoms with Gasteiger partial charge in [0.2, 0.25) is 5.91 Å². The summed E-state index contributed by atoms with van der Waals surface area (Å²) in [4.78, 5) is 38.4. The van der Waals surface area contributed by atoms with Crippen molar-refractivity contribution in [1.29, 1.82) is 0 Å². The summed E-state index contributed by atoms with van der Waals surface area (Å²) in [5.74, 6) is 1.01. The van der Waals surface area contributed by atoms with Gasteiger partial charge >= 0.3 is 6.03 Å². The molecule has 41 heavy (non-hydrogen) atoms. The van der Waals surface area contributed by atoms with E-state index in [0.29, 0.717) is 42.3 Å². The number of nitrogens with one attached hydrogen (secondary N) is 2. The van der Waals surface area contributed by atoms with Gasteiger partial charge in [0, 0.05) is 49.7 Å². The highest BCUT2D eigenvalue weighted by atomic mass is 35.5. The third-order valence-corrected chi connectivity index (χ3v) is 7.89. The van der Waals surface area contributed by atoms with Crippen molar-refractivity contribution in [3.63, 3.8) is 0 Å². The van der Waals surface area contributed by atoms with Gasteiger partial charge in [0.1, 0.15) is 11.0 Å². The zero-order chi connectivity index (χ0) is 29.4. The van der Waals surface area contributed by atoms with Crippen LogP contribution in [0.2, 0.25) is 5.15 Å². The molecule has 218 valence electrons. The lowest BCUT2D eigenvalue weighted by molar-refractivity contribution is -0.118. The Balaban J connectivity index is 1.30. The van der Waals surface area contributed by atoms with Gasteiger partial charge < -0.3 is 20.4 Å². The molecule has 2 aromatic carbocycles.